The highest BCUT2D eigenvalue weighted by Crippen LogP contribution is 2.31. The number of hydrogen-bond donors (Lipinski definition) is 0. The molecule has 0 spiro atoms. The van der Waals surface area contributed by atoms with E-state index >= 15 is 0 Å². The summed E-state index contributed by atoms with van der Waals surface area (Å²) in [6, 6.07) is 6.21. The molecule has 3 nitrogen and oxygen atoms in total. The van der Waals surface area contributed by atoms with E-state index in [4.69, 9.17) is 4.42 Å². The number of aryl methyl sites for hydroxylation is 3. The maximum absolute atomic E-state index is 5.34. The lowest BCUT2D eigenvalue weighted by Gasteiger charge is -2.05. The minimum Gasteiger partial charge on any atom is -0.416 e. The Morgan fingerprint density at radius 2 is 1.73 bits per heavy atom. The summed E-state index contributed by atoms with van der Waals surface area (Å²) in [5.74, 6) is 0.601. The van der Waals surface area contributed by atoms with Crippen molar-refractivity contribution in [1.82, 2.24) is 10.2 Å². The predicted octanol–water partition coefficient (Wildman–Crippen LogP) is 3.15. The van der Waals surface area contributed by atoms with Gasteiger partial charge in [-0.3, -0.25) is 0 Å². The summed E-state index contributed by atoms with van der Waals surface area (Å²) in [4.78, 5) is 1.20. The molecule has 2 aromatic rings. The molecule has 1 aromatic heterocycles. The SMILES string of the molecule is Cc1nnc(Sc2c(C)cccc2C)o1. The summed E-state index contributed by atoms with van der Waals surface area (Å²) in [7, 11) is 0. The van der Waals surface area contributed by atoms with Gasteiger partial charge in [-0.2, -0.15) is 0 Å². The van der Waals surface area contributed by atoms with Crippen LogP contribution in [0.5, 0.6) is 0 Å². The van der Waals surface area contributed by atoms with Gasteiger partial charge in [-0.05, 0) is 36.7 Å². The van der Waals surface area contributed by atoms with Gasteiger partial charge in [0.25, 0.3) is 5.22 Å². The van der Waals surface area contributed by atoms with Crippen molar-refractivity contribution in [2.45, 2.75) is 30.9 Å². The molecule has 0 bridgehead atoms. The van der Waals surface area contributed by atoms with Crippen LogP contribution in [-0.4, -0.2) is 10.2 Å². The third-order valence-corrected chi connectivity index (χ3v) is 3.29. The van der Waals surface area contributed by atoms with Gasteiger partial charge >= 0.3 is 0 Å². The highest BCUT2D eigenvalue weighted by molar-refractivity contribution is 7.99. The lowest BCUT2D eigenvalue weighted by molar-refractivity contribution is 0.429. The van der Waals surface area contributed by atoms with Gasteiger partial charge < -0.3 is 4.42 Å². The van der Waals surface area contributed by atoms with Crippen LogP contribution in [0.15, 0.2) is 32.7 Å². The average molecular weight is 220 g/mol. The van der Waals surface area contributed by atoms with E-state index in [1.54, 1.807) is 6.92 Å². The first-order valence-corrected chi connectivity index (χ1v) is 5.52. The molecule has 15 heavy (non-hydrogen) atoms. The summed E-state index contributed by atoms with van der Waals surface area (Å²) in [6.45, 7) is 5.96. The van der Waals surface area contributed by atoms with Crippen LogP contribution in [0.1, 0.15) is 17.0 Å². The van der Waals surface area contributed by atoms with E-state index in [1.807, 2.05) is 6.07 Å². The molecule has 0 aliphatic heterocycles. The molecule has 0 atom stereocenters. The van der Waals surface area contributed by atoms with Crippen molar-refractivity contribution in [1.29, 1.82) is 0 Å². The summed E-state index contributed by atoms with van der Waals surface area (Å²) in [5.41, 5.74) is 2.46. The van der Waals surface area contributed by atoms with Crippen molar-refractivity contribution in [2.75, 3.05) is 0 Å². The van der Waals surface area contributed by atoms with Crippen LogP contribution < -0.4 is 0 Å². The zero-order chi connectivity index (χ0) is 10.8. The normalized spacial score (nSPS) is 10.6. The third kappa shape index (κ3) is 2.21. The Morgan fingerprint density at radius 3 is 2.27 bits per heavy atom. The monoisotopic (exact) mass is 220 g/mol. The Hall–Kier alpha value is -1.29. The van der Waals surface area contributed by atoms with Crippen molar-refractivity contribution in [3.8, 4) is 0 Å². The summed E-state index contributed by atoms with van der Waals surface area (Å²) in [6.07, 6.45) is 0. The van der Waals surface area contributed by atoms with E-state index in [-0.39, 0.29) is 0 Å². The van der Waals surface area contributed by atoms with Crippen molar-refractivity contribution >= 4 is 11.8 Å². The molecule has 0 amide bonds. The highest BCUT2D eigenvalue weighted by atomic mass is 32.2. The van der Waals surface area contributed by atoms with E-state index in [0.717, 1.165) is 0 Å². The molecule has 0 saturated carbocycles. The molecular formula is C11H12N2OS. The fraction of sp³-hybridized carbons (Fsp3) is 0.273. The Bertz CT molecular complexity index is 459. The number of aromatic nitrogens is 2. The van der Waals surface area contributed by atoms with Crippen molar-refractivity contribution < 1.29 is 4.42 Å². The topological polar surface area (TPSA) is 38.9 Å². The largest absolute Gasteiger partial charge is 0.416 e. The van der Waals surface area contributed by atoms with Crippen LogP contribution in [0.25, 0.3) is 0 Å². The predicted molar refractivity (Wildman–Crippen MR) is 59.1 cm³/mol. The Labute approximate surface area is 92.9 Å². The molecule has 2 rings (SSSR count). The Balaban J connectivity index is 2.31. The van der Waals surface area contributed by atoms with Crippen LogP contribution in [0.2, 0.25) is 0 Å². The van der Waals surface area contributed by atoms with E-state index < -0.39 is 0 Å². The molecule has 1 aromatic carbocycles. The molecule has 0 saturated heterocycles. The average Bonchev–Trinajstić information content (AvgIpc) is 2.58. The fourth-order valence-corrected chi connectivity index (χ4v) is 2.24. The molecule has 1 heterocycles. The quantitative estimate of drug-likeness (QED) is 0.779. The second kappa shape index (κ2) is 4.06. The summed E-state index contributed by atoms with van der Waals surface area (Å²) < 4.78 is 5.34. The minimum absolute atomic E-state index is 0.601. The maximum atomic E-state index is 5.34. The van der Waals surface area contributed by atoms with Gasteiger partial charge in [-0.15, -0.1) is 10.2 Å². The summed E-state index contributed by atoms with van der Waals surface area (Å²) in [5, 5.41) is 8.38. The molecule has 78 valence electrons. The maximum Gasteiger partial charge on any atom is 0.281 e. The van der Waals surface area contributed by atoms with Gasteiger partial charge in [-0.25, -0.2) is 0 Å². The summed E-state index contributed by atoms with van der Waals surface area (Å²) >= 11 is 1.52. The molecule has 4 heteroatoms. The van der Waals surface area contributed by atoms with Crippen LogP contribution in [0, 0.1) is 20.8 Å². The molecule has 0 unspecified atom stereocenters. The van der Waals surface area contributed by atoms with Crippen molar-refractivity contribution in [3.63, 3.8) is 0 Å². The third-order valence-electron chi connectivity index (χ3n) is 2.11. The molecule has 0 fully saturated rings. The van der Waals surface area contributed by atoms with Gasteiger partial charge in [0.05, 0.1) is 0 Å². The number of nitrogens with zero attached hydrogens (tertiary/aromatic N) is 2. The fourth-order valence-electron chi connectivity index (χ4n) is 1.37. The minimum atomic E-state index is 0.601. The zero-order valence-electron chi connectivity index (χ0n) is 8.94. The van der Waals surface area contributed by atoms with Crippen molar-refractivity contribution in [3.05, 3.63) is 35.2 Å². The molecule has 0 aliphatic rings. The number of benzene rings is 1. The second-order valence-corrected chi connectivity index (χ2v) is 4.37. The molecule has 0 N–H and O–H groups in total. The first kappa shape index (κ1) is 10.2. The lowest BCUT2D eigenvalue weighted by Crippen LogP contribution is -1.84. The van der Waals surface area contributed by atoms with Gasteiger partial charge in [0.2, 0.25) is 5.89 Å². The number of rotatable bonds is 2. The van der Waals surface area contributed by atoms with E-state index in [2.05, 4.69) is 36.2 Å². The molecule has 0 aliphatic carbocycles. The van der Waals surface area contributed by atoms with E-state index in [1.165, 1.54) is 27.8 Å². The van der Waals surface area contributed by atoms with Gasteiger partial charge in [-0.1, -0.05) is 18.2 Å². The standard InChI is InChI=1S/C11H12N2OS/c1-7-5-4-6-8(2)10(7)15-11-13-12-9(3)14-11/h4-6H,1-3H3. The molecule has 0 radical (unpaired) electrons. The van der Waals surface area contributed by atoms with Gasteiger partial charge in [0, 0.05) is 11.8 Å². The zero-order valence-corrected chi connectivity index (χ0v) is 9.76. The van der Waals surface area contributed by atoms with Crippen LogP contribution in [-0.2, 0) is 0 Å². The van der Waals surface area contributed by atoms with Gasteiger partial charge in [0.1, 0.15) is 0 Å². The highest BCUT2D eigenvalue weighted by Gasteiger charge is 2.09. The first-order chi connectivity index (χ1) is 7.16. The lowest BCUT2D eigenvalue weighted by atomic mass is 10.2. The van der Waals surface area contributed by atoms with E-state index in [9.17, 15) is 0 Å². The first-order valence-electron chi connectivity index (χ1n) is 4.71. The van der Waals surface area contributed by atoms with E-state index in [0.29, 0.717) is 11.1 Å². The van der Waals surface area contributed by atoms with Crippen LogP contribution >= 0.6 is 11.8 Å². The number of hydrogen-bond acceptors (Lipinski definition) is 4. The Morgan fingerprint density at radius 1 is 1.07 bits per heavy atom. The smallest absolute Gasteiger partial charge is 0.281 e. The van der Waals surface area contributed by atoms with Crippen LogP contribution in [0.4, 0.5) is 0 Å². The van der Waals surface area contributed by atoms with Crippen molar-refractivity contribution in [2.24, 2.45) is 0 Å². The van der Waals surface area contributed by atoms with Gasteiger partial charge in [0.15, 0.2) is 0 Å². The Kier molecular flexibility index (Phi) is 2.77. The van der Waals surface area contributed by atoms with Crippen LogP contribution in [0.3, 0.4) is 0 Å². The molecular weight excluding hydrogens is 208 g/mol. The second-order valence-electron chi connectivity index (χ2n) is 3.41.